The van der Waals surface area contributed by atoms with Crippen LogP contribution in [0.3, 0.4) is 0 Å². The molecular formula is C7H6BClO. The highest BCUT2D eigenvalue weighted by Gasteiger charge is 2.11. The zero-order chi connectivity index (χ0) is 6.97. The molecule has 10 heavy (non-hydrogen) atoms. The van der Waals surface area contributed by atoms with Crippen LogP contribution in [0, 0.1) is 0 Å². The van der Waals surface area contributed by atoms with Crippen molar-refractivity contribution in [2.45, 2.75) is 6.61 Å². The van der Waals surface area contributed by atoms with Crippen LogP contribution >= 0.6 is 11.6 Å². The molecule has 0 spiro atoms. The van der Waals surface area contributed by atoms with E-state index in [4.69, 9.17) is 16.3 Å². The van der Waals surface area contributed by atoms with Gasteiger partial charge in [-0.1, -0.05) is 17.7 Å². The summed E-state index contributed by atoms with van der Waals surface area (Å²) in [6.07, 6.45) is 0. The topological polar surface area (TPSA) is 9.23 Å². The van der Waals surface area contributed by atoms with Crippen molar-refractivity contribution in [1.82, 2.24) is 0 Å². The van der Waals surface area contributed by atoms with E-state index in [1.54, 1.807) is 0 Å². The number of hydrogen-bond acceptors (Lipinski definition) is 1. The summed E-state index contributed by atoms with van der Waals surface area (Å²) in [6, 6.07) is 5.88. The molecule has 0 atom stereocenters. The summed E-state index contributed by atoms with van der Waals surface area (Å²) < 4.78 is 5.21. The van der Waals surface area contributed by atoms with E-state index < -0.39 is 0 Å². The average Bonchev–Trinajstić information content (AvgIpc) is 2.33. The van der Waals surface area contributed by atoms with Crippen LogP contribution in [-0.4, -0.2) is 7.48 Å². The van der Waals surface area contributed by atoms with Crippen LogP contribution in [0.4, 0.5) is 0 Å². The summed E-state index contributed by atoms with van der Waals surface area (Å²) in [6.45, 7) is 0.743. The van der Waals surface area contributed by atoms with Gasteiger partial charge in [-0.25, -0.2) is 0 Å². The molecule has 0 radical (unpaired) electrons. The van der Waals surface area contributed by atoms with Crippen molar-refractivity contribution in [1.29, 1.82) is 0 Å². The molecule has 0 bridgehead atoms. The SMILES string of the molecule is Clc1ccc2c(c1)BOC2. The van der Waals surface area contributed by atoms with Crippen molar-refractivity contribution < 1.29 is 4.65 Å². The Bertz CT molecular complexity index is 262. The lowest BCUT2D eigenvalue weighted by atomic mass is 9.88. The predicted octanol–water partition coefficient (Wildman–Crippen LogP) is 0.847. The molecule has 0 amide bonds. The Morgan fingerprint density at radius 2 is 2.40 bits per heavy atom. The van der Waals surface area contributed by atoms with E-state index in [1.165, 1.54) is 11.0 Å². The molecule has 3 heteroatoms. The first-order valence-electron chi connectivity index (χ1n) is 3.21. The molecule has 0 saturated heterocycles. The first-order valence-corrected chi connectivity index (χ1v) is 3.59. The lowest BCUT2D eigenvalue weighted by Gasteiger charge is -1.94. The number of benzene rings is 1. The van der Waals surface area contributed by atoms with Crippen LogP contribution < -0.4 is 5.46 Å². The Labute approximate surface area is 65.2 Å². The molecule has 0 N–H and O–H groups in total. The van der Waals surface area contributed by atoms with Gasteiger partial charge in [-0.15, -0.1) is 0 Å². The number of halogens is 1. The molecule has 0 aromatic heterocycles. The first kappa shape index (κ1) is 6.26. The predicted molar refractivity (Wildman–Crippen MR) is 43.0 cm³/mol. The molecule has 50 valence electrons. The van der Waals surface area contributed by atoms with Crippen molar-refractivity contribution in [3.63, 3.8) is 0 Å². The highest BCUT2D eigenvalue weighted by Crippen LogP contribution is 2.11. The standard InChI is InChI=1S/C7H6BClO/c9-6-2-1-5-4-10-8-7(5)3-6/h1-3,8H,4H2. The van der Waals surface area contributed by atoms with Gasteiger partial charge in [0.25, 0.3) is 0 Å². The molecule has 0 fully saturated rings. The minimum absolute atomic E-state index is 0.718. The second kappa shape index (κ2) is 2.29. The van der Waals surface area contributed by atoms with Crippen molar-refractivity contribution in [3.8, 4) is 0 Å². The Kier molecular flexibility index (Phi) is 1.44. The van der Waals surface area contributed by atoms with Crippen LogP contribution in [-0.2, 0) is 11.3 Å². The third-order valence-corrected chi connectivity index (χ3v) is 1.92. The maximum Gasteiger partial charge on any atom is 0.309 e. The smallest absolute Gasteiger partial charge is 0.309 e. The van der Waals surface area contributed by atoms with Gasteiger partial charge in [0.1, 0.15) is 0 Å². The van der Waals surface area contributed by atoms with Crippen molar-refractivity contribution >= 4 is 24.5 Å². The van der Waals surface area contributed by atoms with Gasteiger partial charge in [-0.2, -0.15) is 0 Å². The van der Waals surface area contributed by atoms with E-state index in [2.05, 4.69) is 0 Å². The molecule has 0 aliphatic carbocycles. The van der Waals surface area contributed by atoms with Gasteiger partial charge < -0.3 is 4.65 Å². The maximum atomic E-state index is 5.77. The molecule has 2 rings (SSSR count). The van der Waals surface area contributed by atoms with Crippen LogP contribution in [0.15, 0.2) is 18.2 Å². The molecule has 1 aromatic carbocycles. The second-order valence-corrected chi connectivity index (χ2v) is 2.84. The van der Waals surface area contributed by atoms with Gasteiger partial charge in [-0.05, 0) is 23.2 Å². The number of rotatable bonds is 0. The van der Waals surface area contributed by atoms with Crippen LogP contribution in [0.2, 0.25) is 5.02 Å². The lowest BCUT2D eigenvalue weighted by Crippen LogP contribution is -2.10. The van der Waals surface area contributed by atoms with Gasteiger partial charge in [0, 0.05) is 5.02 Å². The molecule has 0 unspecified atom stereocenters. The quantitative estimate of drug-likeness (QED) is 0.501. The van der Waals surface area contributed by atoms with E-state index in [0.717, 1.165) is 19.1 Å². The van der Waals surface area contributed by atoms with Crippen LogP contribution in [0.25, 0.3) is 0 Å². The van der Waals surface area contributed by atoms with Crippen molar-refractivity contribution in [2.24, 2.45) is 0 Å². The van der Waals surface area contributed by atoms with Gasteiger partial charge in [-0.3, -0.25) is 0 Å². The van der Waals surface area contributed by atoms with Crippen LogP contribution in [0.5, 0.6) is 0 Å². The summed E-state index contributed by atoms with van der Waals surface area (Å²) in [7, 11) is 0.718. The van der Waals surface area contributed by atoms with E-state index in [1.807, 2.05) is 18.2 Å². The monoisotopic (exact) mass is 152 g/mol. The Morgan fingerprint density at radius 3 is 3.30 bits per heavy atom. The Hall–Kier alpha value is -0.465. The fraction of sp³-hybridized carbons (Fsp3) is 0.143. The number of hydrogen-bond donors (Lipinski definition) is 0. The van der Waals surface area contributed by atoms with E-state index in [0.29, 0.717) is 0 Å². The molecule has 1 aromatic rings. The second-order valence-electron chi connectivity index (χ2n) is 2.41. The summed E-state index contributed by atoms with van der Waals surface area (Å²) in [4.78, 5) is 0. The Morgan fingerprint density at radius 1 is 1.50 bits per heavy atom. The zero-order valence-electron chi connectivity index (χ0n) is 5.43. The molecule has 1 nitrogen and oxygen atoms in total. The minimum Gasteiger partial charge on any atom is -0.430 e. The molecular weight excluding hydrogens is 146 g/mol. The maximum absolute atomic E-state index is 5.77. The average molecular weight is 152 g/mol. The van der Waals surface area contributed by atoms with E-state index in [-0.39, 0.29) is 0 Å². The summed E-state index contributed by atoms with van der Waals surface area (Å²) >= 11 is 5.77. The molecule has 1 aliphatic rings. The summed E-state index contributed by atoms with van der Waals surface area (Å²) in [5.74, 6) is 0. The molecule has 1 aliphatic heterocycles. The van der Waals surface area contributed by atoms with Gasteiger partial charge in [0.05, 0.1) is 6.61 Å². The summed E-state index contributed by atoms with van der Waals surface area (Å²) in [5.41, 5.74) is 2.50. The van der Waals surface area contributed by atoms with E-state index >= 15 is 0 Å². The third kappa shape index (κ3) is 0.937. The van der Waals surface area contributed by atoms with Gasteiger partial charge >= 0.3 is 7.48 Å². The fourth-order valence-electron chi connectivity index (χ4n) is 1.14. The highest BCUT2D eigenvalue weighted by atomic mass is 35.5. The molecule has 0 saturated carbocycles. The highest BCUT2D eigenvalue weighted by molar-refractivity contribution is 6.49. The molecule has 1 heterocycles. The summed E-state index contributed by atoms with van der Waals surface area (Å²) in [5, 5.41) is 0.796. The van der Waals surface area contributed by atoms with Crippen LogP contribution in [0.1, 0.15) is 5.56 Å². The lowest BCUT2D eigenvalue weighted by molar-refractivity contribution is 0.345. The largest absolute Gasteiger partial charge is 0.430 e. The van der Waals surface area contributed by atoms with Crippen molar-refractivity contribution in [2.75, 3.05) is 0 Å². The van der Waals surface area contributed by atoms with E-state index in [9.17, 15) is 0 Å². The third-order valence-electron chi connectivity index (χ3n) is 1.68. The zero-order valence-corrected chi connectivity index (χ0v) is 6.19. The minimum atomic E-state index is 0.718. The number of fused-ring (bicyclic) bond motifs is 1. The normalized spacial score (nSPS) is 14.5. The first-order chi connectivity index (χ1) is 4.86. The Balaban J connectivity index is 2.52. The van der Waals surface area contributed by atoms with Crippen molar-refractivity contribution in [3.05, 3.63) is 28.8 Å². The van der Waals surface area contributed by atoms with Gasteiger partial charge in [0.2, 0.25) is 0 Å². The van der Waals surface area contributed by atoms with Gasteiger partial charge in [0.15, 0.2) is 0 Å². The fourth-order valence-corrected chi connectivity index (χ4v) is 1.34.